The van der Waals surface area contributed by atoms with Gasteiger partial charge in [0.15, 0.2) is 0 Å². The Morgan fingerprint density at radius 3 is 1.53 bits per heavy atom. The van der Waals surface area contributed by atoms with Gasteiger partial charge < -0.3 is 5.11 Å². The lowest BCUT2D eigenvalue weighted by Crippen LogP contribution is -1.95. The molecule has 7 nitrogen and oxygen atoms in total. The van der Waals surface area contributed by atoms with Gasteiger partial charge in [0.25, 0.3) is 0 Å². The van der Waals surface area contributed by atoms with Crippen LogP contribution in [0.4, 0.5) is 0 Å². The second kappa shape index (κ2) is 3.52. The van der Waals surface area contributed by atoms with Gasteiger partial charge in [-0.15, -0.1) is 0 Å². The Morgan fingerprint density at radius 2 is 1.00 bits per heavy atom. The van der Waals surface area contributed by atoms with Crippen molar-refractivity contribution in [1.82, 2.24) is 29.9 Å². The van der Waals surface area contributed by atoms with Gasteiger partial charge in [-0.05, 0) is 0 Å². The summed E-state index contributed by atoms with van der Waals surface area (Å²) in [5.74, 6) is -0.164. The highest BCUT2D eigenvalue weighted by Gasteiger charge is 2.14. The topological polar surface area (TPSA) is 97.6 Å². The van der Waals surface area contributed by atoms with Crippen molar-refractivity contribution in [1.29, 1.82) is 0 Å². The molecule has 0 aliphatic rings. The monoisotopic (exact) mass is 250 g/mol. The molecule has 0 fully saturated rings. The van der Waals surface area contributed by atoms with Crippen LogP contribution < -0.4 is 0 Å². The second-order valence-electron chi connectivity index (χ2n) is 3.93. The third kappa shape index (κ3) is 1.32. The largest absolute Gasteiger partial charge is 0.492 e. The first-order chi connectivity index (χ1) is 9.34. The molecule has 4 rings (SSSR count). The standard InChI is InChI=1S/C12H6N6O/c19-6-5-17-11-9-7(13-1-2-15-9)8-10(12(11)18-6)16-4-3-14-8/h1-5H,(H,18,19). The zero-order valence-corrected chi connectivity index (χ0v) is 9.52. The normalized spacial score (nSPS) is 11.4. The van der Waals surface area contributed by atoms with Crippen LogP contribution in [0.5, 0.6) is 5.88 Å². The molecular formula is C12H6N6O. The van der Waals surface area contributed by atoms with Crippen LogP contribution in [-0.2, 0) is 0 Å². The van der Waals surface area contributed by atoms with E-state index in [0.717, 1.165) is 0 Å². The number of benzene rings is 1. The first-order valence-corrected chi connectivity index (χ1v) is 5.54. The van der Waals surface area contributed by atoms with Crippen LogP contribution in [0.3, 0.4) is 0 Å². The summed E-state index contributed by atoms with van der Waals surface area (Å²) in [6.45, 7) is 0. The Morgan fingerprint density at radius 1 is 0.579 bits per heavy atom. The van der Waals surface area contributed by atoms with Crippen molar-refractivity contribution in [3.63, 3.8) is 0 Å². The van der Waals surface area contributed by atoms with Crippen molar-refractivity contribution in [2.24, 2.45) is 0 Å². The van der Waals surface area contributed by atoms with Gasteiger partial charge in [0.2, 0.25) is 5.88 Å². The number of aromatic nitrogens is 6. The van der Waals surface area contributed by atoms with Crippen LogP contribution in [0, 0.1) is 0 Å². The molecule has 90 valence electrons. The summed E-state index contributed by atoms with van der Waals surface area (Å²) in [4.78, 5) is 25.3. The highest BCUT2D eigenvalue weighted by atomic mass is 16.3. The lowest BCUT2D eigenvalue weighted by atomic mass is 10.2. The number of nitrogens with zero attached hydrogens (tertiary/aromatic N) is 6. The number of hydrogen-bond donors (Lipinski definition) is 1. The molecule has 0 aliphatic carbocycles. The Kier molecular flexibility index (Phi) is 1.85. The minimum absolute atomic E-state index is 0.164. The van der Waals surface area contributed by atoms with E-state index in [1.54, 1.807) is 24.8 Å². The van der Waals surface area contributed by atoms with Crippen molar-refractivity contribution in [3.05, 3.63) is 31.0 Å². The lowest BCUT2D eigenvalue weighted by molar-refractivity contribution is 0.453. The van der Waals surface area contributed by atoms with E-state index in [2.05, 4.69) is 29.9 Å². The summed E-state index contributed by atoms with van der Waals surface area (Å²) in [6, 6.07) is 0. The van der Waals surface area contributed by atoms with Crippen LogP contribution in [0.15, 0.2) is 31.0 Å². The Bertz CT molecular complexity index is 904. The number of aromatic hydroxyl groups is 1. The maximum absolute atomic E-state index is 9.50. The van der Waals surface area contributed by atoms with Crippen molar-refractivity contribution in [2.75, 3.05) is 0 Å². The molecule has 0 spiro atoms. The first kappa shape index (κ1) is 10.0. The maximum Gasteiger partial charge on any atom is 0.230 e. The molecule has 0 bridgehead atoms. The van der Waals surface area contributed by atoms with E-state index in [0.29, 0.717) is 33.1 Å². The van der Waals surface area contributed by atoms with E-state index in [4.69, 9.17) is 0 Å². The van der Waals surface area contributed by atoms with E-state index in [-0.39, 0.29) is 5.88 Å². The van der Waals surface area contributed by atoms with Crippen molar-refractivity contribution in [3.8, 4) is 5.88 Å². The molecule has 4 aromatic rings. The van der Waals surface area contributed by atoms with Crippen LogP contribution in [0.1, 0.15) is 0 Å². The van der Waals surface area contributed by atoms with Gasteiger partial charge in [-0.2, -0.15) is 0 Å². The summed E-state index contributed by atoms with van der Waals surface area (Å²) >= 11 is 0. The van der Waals surface area contributed by atoms with Gasteiger partial charge in [-0.25, -0.2) is 9.97 Å². The maximum atomic E-state index is 9.50. The summed E-state index contributed by atoms with van der Waals surface area (Å²) in [7, 11) is 0. The number of hydrogen-bond acceptors (Lipinski definition) is 7. The van der Waals surface area contributed by atoms with Crippen molar-refractivity contribution >= 4 is 33.1 Å². The SMILES string of the molecule is Oc1cnc2c3nccnc3c3nccnc3c2n1. The molecule has 3 heterocycles. The first-order valence-electron chi connectivity index (χ1n) is 5.54. The third-order valence-electron chi connectivity index (χ3n) is 2.83. The number of fused-ring (bicyclic) bond motifs is 6. The zero-order chi connectivity index (χ0) is 12.8. The van der Waals surface area contributed by atoms with Crippen LogP contribution in [0.25, 0.3) is 33.1 Å². The van der Waals surface area contributed by atoms with E-state index in [1.807, 2.05) is 0 Å². The summed E-state index contributed by atoms with van der Waals surface area (Å²) in [6.07, 6.45) is 7.60. The fourth-order valence-corrected chi connectivity index (χ4v) is 2.09. The molecular weight excluding hydrogens is 244 g/mol. The third-order valence-corrected chi connectivity index (χ3v) is 2.83. The summed E-state index contributed by atoms with van der Waals surface area (Å²) in [5, 5.41) is 9.50. The lowest BCUT2D eigenvalue weighted by Gasteiger charge is -2.05. The smallest absolute Gasteiger partial charge is 0.230 e. The molecule has 7 heteroatoms. The second-order valence-corrected chi connectivity index (χ2v) is 3.93. The molecule has 0 saturated heterocycles. The van der Waals surface area contributed by atoms with E-state index < -0.39 is 0 Å². The molecule has 1 aromatic carbocycles. The Hall–Kier alpha value is -2.96. The average molecular weight is 250 g/mol. The molecule has 3 aromatic heterocycles. The predicted molar refractivity (Wildman–Crippen MR) is 67.4 cm³/mol. The molecule has 0 unspecified atom stereocenters. The molecule has 0 amide bonds. The molecule has 0 atom stereocenters. The minimum Gasteiger partial charge on any atom is -0.492 e. The predicted octanol–water partition coefficient (Wildman–Crippen LogP) is 1.22. The van der Waals surface area contributed by atoms with Gasteiger partial charge in [-0.1, -0.05) is 0 Å². The van der Waals surface area contributed by atoms with E-state index >= 15 is 0 Å². The van der Waals surface area contributed by atoms with Crippen molar-refractivity contribution < 1.29 is 5.11 Å². The Balaban J connectivity index is 2.43. The number of rotatable bonds is 0. The Labute approximate surface area is 106 Å². The van der Waals surface area contributed by atoms with E-state index in [1.165, 1.54) is 6.20 Å². The van der Waals surface area contributed by atoms with Crippen LogP contribution in [-0.4, -0.2) is 35.0 Å². The minimum atomic E-state index is -0.164. The van der Waals surface area contributed by atoms with Gasteiger partial charge in [0.05, 0.1) is 6.20 Å². The summed E-state index contributed by atoms with van der Waals surface area (Å²) < 4.78 is 0. The van der Waals surface area contributed by atoms with Crippen molar-refractivity contribution in [2.45, 2.75) is 0 Å². The molecule has 19 heavy (non-hydrogen) atoms. The highest BCUT2D eigenvalue weighted by molar-refractivity contribution is 6.17. The molecule has 0 saturated carbocycles. The molecule has 0 aliphatic heterocycles. The van der Waals surface area contributed by atoms with E-state index in [9.17, 15) is 5.11 Å². The molecule has 0 radical (unpaired) electrons. The molecule has 1 N–H and O–H groups in total. The fourth-order valence-electron chi connectivity index (χ4n) is 2.09. The van der Waals surface area contributed by atoms with Gasteiger partial charge in [-0.3, -0.25) is 19.9 Å². The van der Waals surface area contributed by atoms with Crippen LogP contribution in [0.2, 0.25) is 0 Å². The summed E-state index contributed by atoms with van der Waals surface area (Å²) in [5.41, 5.74) is 3.38. The highest BCUT2D eigenvalue weighted by Crippen LogP contribution is 2.28. The zero-order valence-electron chi connectivity index (χ0n) is 9.52. The average Bonchev–Trinajstić information content (AvgIpc) is 2.47. The fraction of sp³-hybridized carbons (Fsp3) is 0. The van der Waals surface area contributed by atoms with Crippen LogP contribution >= 0.6 is 0 Å². The quantitative estimate of drug-likeness (QED) is 0.468. The van der Waals surface area contributed by atoms with Gasteiger partial charge >= 0.3 is 0 Å². The van der Waals surface area contributed by atoms with Gasteiger partial charge in [0, 0.05) is 24.8 Å². The van der Waals surface area contributed by atoms with Gasteiger partial charge in [0.1, 0.15) is 33.1 Å².